The molecule has 0 aromatic rings. The first-order valence-electron chi connectivity index (χ1n) is 5.66. The molecule has 0 aliphatic heterocycles. The van der Waals surface area contributed by atoms with E-state index in [9.17, 15) is 0 Å². The van der Waals surface area contributed by atoms with E-state index in [4.69, 9.17) is 4.74 Å². The predicted octanol–water partition coefficient (Wildman–Crippen LogP) is 3.48. The normalized spacial score (nSPS) is 35.3. The minimum Gasteiger partial charge on any atom is -0.381 e. The summed E-state index contributed by atoms with van der Waals surface area (Å²) in [6.07, 6.45) is 5.96. The Morgan fingerprint density at radius 2 is 2.00 bits per heavy atom. The number of methoxy groups -OCH3 is 1. The summed E-state index contributed by atoms with van der Waals surface area (Å²) in [5, 5.41) is 0. The highest BCUT2D eigenvalue weighted by molar-refractivity contribution is 4.78. The van der Waals surface area contributed by atoms with Gasteiger partial charge in [0.25, 0.3) is 0 Å². The summed E-state index contributed by atoms with van der Waals surface area (Å²) in [7, 11) is 1.85. The summed E-state index contributed by atoms with van der Waals surface area (Å²) in [6, 6.07) is 0. The zero-order valence-corrected chi connectivity index (χ0v) is 9.55. The zero-order valence-electron chi connectivity index (χ0n) is 9.55. The summed E-state index contributed by atoms with van der Waals surface area (Å²) in [4.78, 5) is 0. The largest absolute Gasteiger partial charge is 0.381 e. The van der Waals surface area contributed by atoms with E-state index in [-0.39, 0.29) is 0 Å². The van der Waals surface area contributed by atoms with E-state index in [1.54, 1.807) is 0 Å². The molecule has 0 spiro atoms. The lowest BCUT2D eigenvalue weighted by molar-refractivity contribution is 0.0123. The predicted molar refractivity (Wildman–Crippen MR) is 56.8 cm³/mol. The van der Waals surface area contributed by atoms with Crippen molar-refractivity contribution in [3.63, 3.8) is 0 Å². The van der Waals surface area contributed by atoms with Crippen molar-refractivity contribution in [1.29, 1.82) is 0 Å². The second kappa shape index (κ2) is 4.99. The Kier molecular flexibility index (Phi) is 4.24. The third kappa shape index (κ3) is 3.30. The fraction of sp³-hybridized carbons (Fsp3) is 1.00. The van der Waals surface area contributed by atoms with Crippen molar-refractivity contribution < 1.29 is 4.74 Å². The van der Waals surface area contributed by atoms with Crippen LogP contribution >= 0.6 is 0 Å². The molecule has 1 unspecified atom stereocenters. The molecule has 1 fully saturated rings. The van der Waals surface area contributed by atoms with Crippen LogP contribution in [0.5, 0.6) is 0 Å². The highest BCUT2D eigenvalue weighted by atomic mass is 16.5. The van der Waals surface area contributed by atoms with Gasteiger partial charge in [-0.2, -0.15) is 0 Å². The molecule has 1 saturated carbocycles. The van der Waals surface area contributed by atoms with Gasteiger partial charge in [0, 0.05) is 7.11 Å². The van der Waals surface area contributed by atoms with Crippen molar-refractivity contribution in [2.24, 2.45) is 17.8 Å². The van der Waals surface area contributed by atoms with E-state index < -0.39 is 0 Å². The van der Waals surface area contributed by atoms with Crippen LogP contribution < -0.4 is 0 Å². The van der Waals surface area contributed by atoms with Crippen LogP contribution in [-0.4, -0.2) is 13.2 Å². The van der Waals surface area contributed by atoms with Gasteiger partial charge in [0.2, 0.25) is 0 Å². The lowest BCUT2D eigenvalue weighted by Crippen LogP contribution is -2.29. The molecule has 1 aliphatic carbocycles. The SMILES string of the molecule is CO[C@H]1CCC(CC(C)C)C[C@@H]1C. The molecule has 3 atom stereocenters. The van der Waals surface area contributed by atoms with Crippen LogP contribution in [0, 0.1) is 17.8 Å². The fourth-order valence-electron chi connectivity index (χ4n) is 2.71. The molecule has 1 rings (SSSR count). The summed E-state index contributed by atoms with van der Waals surface area (Å²) in [5.41, 5.74) is 0. The lowest BCUT2D eigenvalue weighted by atomic mass is 9.77. The smallest absolute Gasteiger partial charge is 0.0597 e. The van der Waals surface area contributed by atoms with Crippen LogP contribution in [0.3, 0.4) is 0 Å². The van der Waals surface area contributed by atoms with Gasteiger partial charge in [-0.25, -0.2) is 0 Å². The van der Waals surface area contributed by atoms with Crippen molar-refractivity contribution in [2.45, 2.75) is 52.6 Å². The Bertz CT molecular complexity index is 142. The minimum atomic E-state index is 0.531. The molecular formula is C12H24O. The molecule has 0 amide bonds. The molecular weight excluding hydrogens is 160 g/mol. The van der Waals surface area contributed by atoms with Gasteiger partial charge in [-0.1, -0.05) is 20.8 Å². The van der Waals surface area contributed by atoms with E-state index in [0.29, 0.717) is 6.10 Å². The fourth-order valence-corrected chi connectivity index (χ4v) is 2.71. The Hall–Kier alpha value is -0.0400. The van der Waals surface area contributed by atoms with E-state index in [1.165, 1.54) is 25.7 Å². The van der Waals surface area contributed by atoms with E-state index in [1.807, 2.05) is 7.11 Å². The summed E-state index contributed by atoms with van der Waals surface area (Å²) >= 11 is 0. The molecule has 0 heterocycles. The van der Waals surface area contributed by atoms with Gasteiger partial charge in [-0.05, 0) is 43.4 Å². The first kappa shape index (κ1) is 11.0. The molecule has 0 bridgehead atoms. The maximum atomic E-state index is 5.46. The maximum absolute atomic E-state index is 5.46. The van der Waals surface area contributed by atoms with Gasteiger partial charge >= 0.3 is 0 Å². The Morgan fingerprint density at radius 3 is 2.46 bits per heavy atom. The van der Waals surface area contributed by atoms with Crippen molar-refractivity contribution in [1.82, 2.24) is 0 Å². The van der Waals surface area contributed by atoms with Gasteiger partial charge in [0.1, 0.15) is 0 Å². The van der Waals surface area contributed by atoms with Crippen LogP contribution in [0.15, 0.2) is 0 Å². The van der Waals surface area contributed by atoms with Gasteiger partial charge in [-0.15, -0.1) is 0 Å². The van der Waals surface area contributed by atoms with Gasteiger partial charge < -0.3 is 4.74 Å². The van der Waals surface area contributed by atoms with Gasteiger partial charge in [0.15, 0.2) is 0 Å². The molecule has 0 radical (unpaired) electrons. The summed E-state index contributed by atoms with van der Waals surface area (Å²) in [6.45, 7) is 6.99. The molecule has 0 aromatic heterocycles. The second-order valence-electron chi connectivity index (χ2n) is 5.06. The van der Waals surface area contributed by atoms with Crippen molar-refractivity contribution in [3.05, 3.63) is 0 Å². The monoisotopic (exact) mass is 184 g/mol. The Balaban J connectivity index is 2.32. The van der Waals surface area contributed by atoms with Crippen molar-refractivity contribution >= 4 is 0 Å². The topological polar surface area (TPSA) is 9.23 Å². The molecule has 1 heteroatoms. The zero-order chi connectivity index (χ0) is 9.84. The number of ether oxygens (including phenoxy) is 1. The number of hydrogen-bond donors (Lipinski definition) is 0. The van der Waals surface area contributed by atoms with Gasteiger partial charge in [0.05, 0.1) is 6.10 Å². The minimum absolute atomic E-state index is 0.531. The molecule has 0 saturated heterocycles. The van der Waals surface area contributed by atoms with Crippen LogP contribution in [0.2, 0.25) is 0 Å². The lowest BCUT2D eigenvalue weighted by Gasteiger charge is -2.34. The number of rotatable bonds is 3. The quantitative estimate of drug-likeness (QED) is 0.652. The Labute approximate surface area is 82.9 Å². The standard InChI is InChI=1S/C12H24O/c1-9(2)7-11-5-6-12(13-4)10(3)8-11/h9-12H,5-8H2,1-4H3/t10-,11?,12-/m0/s1. The Morgan fingerprint density at radius 1 is 1.31 bits per heavy atom. The third-order valence-electron chi connectivity index (χ3n) is 3.31. The molecule has 0 N–H and O–H groups in total. The van der Waals surface area contributed by atoms with Crippen LogP contribution in [0.4, 0.5) is 0 Å². The van der Waals surface area contributed by atoms with Crippen LogP contribution in [0.1, 0.15) is 46.5 Å². The van der Waals surface area contributed by atoms with E-state index in [0.717, 1.165) is 17.8 Å². The summed E-state index contributed by atoms with van der Waals surface area (Å²) in [5.74, 6) is 2.58. The van der Waals surface area contributed by atoms with Crippen molar-refractivity contribution in [2.75, 3.05) is 7.11 Å². The van der Waals surface area contributed by atoms with Crippen molar-refractivity contribution in [3.8, 4) is 0 Å². The molecule has 13 heavy (non-hydrogen) atoms. The second-order valence-corrected chi connectivity index (χ2v) is 5.06. The highest BCUT2D eigenvalue weighted by Crippen LogP contribution is 2.34. The average Bonchev–Trinajstić information content (AvgIpc) is 2.03. The number of hydrogen-bond acceptors (Lipinski definition) is 1. The highest BCUT2D eigenvalue weighted by Gasteiger charge is 2.27. The first-order valence-corrected chi connectivity index (χ1v) is 5.66. The molecule has 1 nitrogen and oxygen atoms in total. The van der Waals surface area contributed by atoms with Crippen LogP contribution in [0.25, 0.3) is 0 Å². The summed E-state index contributed by atoms with van der Waals surface area (Å²) < 4.78 is 5.46. The maximum Gasteiger partial charge on any atom is 0.0597 e. The van der Waals surface area contributed by atoms with Crippen LogP contribution in [-0.2, 0) is 4.74 Å². The molecule has 1 aliphatic rings. The van der Waals surface area contributed by atoms with Gasteiger partial charge in [-0.3, -0.25) is 0 Å². The average molecular weight is 184 g/mol. The van der Waals surface area contributed by atoms with E-state index >= 15 is 0 Å². The molecule has 78 valence electrons. The first-order chi connectivity index (χ1) is 6.13. The molecule has 0 aromatic carbocycles. The third-order valence-corrected chi connectivity index (χ3v) is 3.31. The van der Waals surface area contributed by atoms with E-state index in [2.05, 4.69) is 20.8 Å².